The van der Waals surface area contributed by atoms with E-state index in [1.54, 1.807) is 0 Å². The molecule has 1 N–H and O–H groups in total. The van der Waals surface area contributed by atoms with E-state index >= 15 is 0 Å². The largest absolute Gasteiger partial charge is 0.257 e. The smallest absolute Gasteiger partial charge is 0.247 e. The van der Waals surface area contributed by atoms with Gasteiger partial charge in [0.15, 0.2) is 0 Å². The summed E-state index contributed by atoms with van der Waals surface area (Å²) >= 11 is 0. The maximum atomic E-state index is 3.58. The molecule has 0 fully saturated rings. The summed E-state index contributed by atoms with van der Waals surface area (Å²) in [6.07, 6.45) is 26.7. The molecule has 0 aliphatic carbocycles. The summed E-state index contributed by atoms with van der Waals surface area (Å²) in [5, 5.41) is 0. The van der Waals surface area contributed by atoms with E-state index in [0.29, 0.717) is 0 Å². The standard InChI is InChI=1S/C24H46N2/c1-4-7-9-11-12-13-14-15-17-19-23(18-16-10-8-5-2)24-25-20-22-26(24)21-6-3/h20,22-23H,4-19,21H2,1-3H3/p+1/t23-/m0/s1. The quantitative estimate of drug-likeness (QED) is 0.204. The molecule has 0 bridgehead atoms. The van der Waals surface area contributed by atoms with Crippen molar-refractivity contribution in [2.45, 2.75) is 136 Å². The van der Waals surface area contributed by atoms with E-state index in [-0.39, 0.29) is 0 Å². The van der Waals surface area contributed by atoms with Gasteiger partial charge in [0.25, 0.3) is 5.82 Å². The van der Waals surface area contributed by atoms with Gasteiger partial charge in [0.2, 0.25) is 0 Å². The number of hydrogen-bond acceptors (Lipinski definition) is 0. The van der Waals surface area contributed by atoms with Gasteiger partial charge in [-0.3, -0.25) is 0 Å². The maximum Gasteiger partial charge on any atom is 0.257 e. The normalized spacial score (nSPS) is 12.6. The Morgan fingerprint density at radius 1 is 0.692 bits per heavy atom. The van der Waals surface area contributed by atoms with Gasteiger partial charge >= 0.3 is 0 Å². The van der Waals surface area contributed by atoms with E-state index in [1.165, 1.54) is 109 Å². The molecule has 1 rings (SSSR count). The lowest BCUT2D eigenvalue weighted by Crippen LogP contribution is -2.37. The number of H-pyrrole nitrogens is 1. The molecule has 0 unspecified atom stereocenters. The summed E-state index contributed by atoms with van der Waals surface area (Å²) < 4.78 is 2.47. The number of aromatic nitrogens is 2. The van der Waals surface area contributed by atoms with Crippen LogP contribution in [0.1, 0.15) is 135 Å². The number of unbranched alkanes of at least 4 members (excludes halogenated alkanes) is 11. The lowest BCUT2D eigenvalue weighted by molar-refractivity contribution is -0.704. The number of imidazole rings is 1. The van der Waals surface area contributed by atoms with Crippen molar-refractivity contribution in [3.63, 3.8) is 0 Å². The number of nitrogens with one attached hydrogen (secondary N) is 1. The Morgan fingerprint density at radius 3 is 1.73 bits per heavy atom. The third-order valence-corrected chi connectivity index (χ3v) is 5.71. The van der Waals surface area contributed by atoms with E-state index in [2.05, 4.69) is 42.7 Å². The zero-order valence-electron chi connectivity index (χ0n) is 18.2. The van der Waals surface area contributed by atoms with Crippen molar-refractivity contribution >= 4 is 0 Å². The first-order chi connectivity index (χ1) is 12.8. The lowest BCUT2D eigenvalue weighted by atomic mass is 9.93. The predicted octanol–water partition coefficient (Wildman–Crippen LogP) is 7.69. The molecular weight excluding hydrogens is 316 g/mol. The topological polar surface area (TPSA) is 19.7 Å². The number of nitrogens with zero attached hydrogens (tertiary/aromatic N) is 1. The van der Waals surface area contributed by atoms with E-state index < -0.39 is 0 Å². The average molecular weight is 364 g/mol. The molecule has 0 aliphatic rings. The van der Waals surface area contributed by atoms with Gasteiger partial charge in [-0.1, -0.05) is 104 Å². The van der Waals surface area contributed by atoms with Crippen molar-refractivity contribution in [2.75, 3.05) is 0 Å². The first kappa shape index (κ1) is 23.2. The van der Waals surface area contributed by atoms with Gasteiger partial charge in [-0.25, -0.2) is 9.55 Å². The first-order valence-corrected chi connectivity index (χ1v) is 11.9. The molecule has 0 amide bonds. The van der Waals surface area contributed by atoms with E-state index in [4.69, 9.17) is 0 Å². The van der Waals surface area contributed by atoms with Crippen molar-refractivity contribution in [3.8, 4) is 0 Å². The molecule has 0 spiro atoms. The molecule has 2 nitrogen and oxygen atoms in total. The predicted molar refractivity (Wildman–Crippen MR) is 115 cm³/mol. The van der Waals surface area contributed by atoms with Crippen molar-refractivity contribution in [1.82, 2.24) is 4.98 Å². The fourth-order valence-corrected chi connectivity index (χ4v) is 4.10. The number of aromatic amines is 1. The van der Waals surface area contributed by atoms with Crippen molar-refractivity contribution < 1.29 is 4.57 Å². The highest BCUT2D eigenvalue weighted by Crippen LogP contribution is 2.26. The second kappa shape index (κ2) is 16.4. The van der Waals surface area contributed by atoms with Crippen molar-refractivity contribution in [2.24, 2.45) is 0 Å². The molecule has 0 saturated heterocycles. The number of hydrogen-bond donors (Lipinski definition) is 1. The number of aryl methyl sites for hydroxylation is 1. The van der Waals surface area contributed by atoms with Crippen LogP contribution in [0.25, 0.3) is 0 Å². The Bertz CT molecular complexity index is 410. The van der Waals surface area contributed by atoms with Gasteiger partial charge in [-0.15, -0.1) is 0 Å². The van der Waals surface area contributed by atoms with Crippen LogP contribution in [0.4, 0.5) is 0 Å². The SMILES string of the molecule is CCCCCCCCCCC[C@H](CCCCCC)c1[nH]cc[n+]1CCC. The van der Waals surface area contributed by atoms with Crippen LogP contribution in [0.3, 0.4) is 0 Å². The summed E-state index contributed by atoms with van der Waals surface area (Å²) in [5.74, 6) is 2.22. The molecule has 1 aromatic heterocycles. The highest BCUT2D eigenvalue weighted by atomic mass is 15.1. The highest BCUT2D eigenvalue weighted by molar-refractivity contribution is 4.90. The van der Waals surface area contributed by atoms with Crippen LogP contribution in [0.2, 0.25) is 0 Å². The van der Waals surface area contributed by atoms with Crippen LogP contribution in [0.15, 0.2) is 12.4 Å². The van der Waals surface area contributed by atoms with Gasteiger partial charge in [0.05, 0.1) is 12.5 Å². The maximum absolute atomic E-state index is 3.58. The fraction of sp³-hybridized carbons (Fsp3) is 0.875. The van der Waals surface area contributed by atoms with Gasteiger partial charge < -0.3 is 0 Å². The van der Waals surface area contributed by atoms with Crippen LogP contribution in [-0.2, 0) is 6.54 Å². The molecule has 0 aliphatic heterocycles. The Balaban J connectivity index is 2.31. The molecule has 0 radical (unpaired) electrons. The summed E-state index contributed by atoms with van der Waals surface area (Å²) in [6, 6.07) is 0. The molecule has 1 aromatic rings. The second-order valence-electron chi connectivity index (χ2n) is 8.20. The van der Waals surface area contributed by atoms with E-state index in [0.717, 1.165) is 12.5 Å². The summed E-state index contributed by atoms with van der Waals surface area (Å²) in [5.41, 5.74) is 0. The minimum atomic E-state index is 0.734. The summed E-state index contributed by atoms with van der Waals surface area (Å²) in [4.78, 5) is 3.58. The zero-order valence-corrected chi connectivity index (χ0v) is 18.2. The van der Waals surface area contributed by atoms with E-state index in [9.17, 15) is 0 Å². The molecule has 2 heteroatoms. The van der Waals surface area contributed by atoms with E-state index in [1.807, 2.05) is 0 Å². The minimum Gasteiger partial charge on any atom is -0.247 e. The Hall–Kier alpha value is -0.790. The van der Waals surface area contributed by atoms with Gasteiger partial charge in [-0.05, 0) is 19.3 Å². The van der Waals surface area contributed by atoms with Crippen LogP contribution < -0.4 is 4.57 Å². The third kappa shape index (κ3) is 10.4. The molecule has 0 aromatic carbocycles. The monoisotopic (exact) mass is 363 g/mol. The third-order valence-electron chi connectivity index (χ3n) is 5.71. The van der Waals surface area contributed by atoms with Crippen LogP contribution in [0, 0.1) is 0 Å². The second-order valence-corrected chi connectivity index (χ2v) is 8.20. The summed E-state index contributed by atoms with van der Waals surface area (Å²) in [7, 11) is 0. The first-order valence-electron chi connectivity index (χ1n) is 11.9. The molecule has 26 heavy (non-hydrogen) atoms. The van der Waals surface area contributed by atoms with Gasteiger partial charge in [0.1, 0.15) is 12.4 Å². The van der Waals surface area contributed by atoms with Crippen LogP contribution in [0.5, 0.6) is 0 Å². The molecule has 0 saturated carbocycles. The minimum absolute atomic E-state index is 0.734. The van der Waals surface area contributed by atoms with Gasteiger partial charge in [0, 0.05) is 0 Å². The Morgan fingerprint density at radius 2 is 1.19 bits per heavy atom. The van der Waals surface area contributed by atoms with Crippen molar-refractivity contribution in [3.05, 3.63) is 18.2 Å². The summed E-state index contributed by atoms with van der Waals surface area (Å²) in [6.45, 7) is 8.04. The number of rotatable bonds is 18. The van der Waals surface area contributed by atoms with Gasteiger partial charge in [-0.2, -0.15) is 0 Å². The average Bonchev–Trinajstić information content (AvgIpc) is 3.10. The molecular formula is C24H47N2+. The van der Waals surface area contributed by atoms with Crippen molar-refractivity contribution in [1.29, 1.82) is 0 Å². The molecule has 1 atom stereocenters. The van der Waals surface area contributed by atoms with Crippen LogP contribution in [-0.4, -0.2) is 4.98 Å². The molecule has 1 heterocycles. The molecule has 152 valence electrons. The Kier molecular flexibility index (Phi) is 14.7. The van der Waals surface area contributed by atoms with Crippen LogP contribution >= 0.6 is 0 Å². The fourth-order valence-electron chi connectivity index (χ4n) is 4.10. The lowest BCUT2D eigenvalue weighted by Gasteiger charge is -2.14. The Labute approximate surface area is 164 Å². The highest BCUT2D eigenvalue weighted by Gasteiger charge is 2.22. The zero-order chi connectivity index (χ0) is 18.9.